The third-order valence-electron chi connectivity index (χ3n) is 2.22. The van der Waals surface area contributed by atoms with Crippen molar-refractivity contribution in [1.29, 1.82) is 0 Å². The van der Waals surface area contributed by atoms with Crippen LogP contribution in [0.25, 0.3) is 0 Å². The molecule has 3 fully saturated rings. The SMILES string of the molecule is C1CN2CCC1CN2.O.O. The molecule has 3 rings (SSSR count). The van der Waals surface area contributed by atoms with Crippen molar-refractivity contribution < 1.29 is 11.0 Å². The van der Waals surface area contributed by atoms with Crippen LogP contribution in [-0.2, 0) is 0 Å². The Morgan fingerprint density at radius 1 is 1.10 bits per heavy atom. The first kappa shape index (κ1) is 9.84. The van der Waals surface area contributed by atoms with Crippen LogP contribution in [0.15, 0.2) is 0 Å². The molecule has 10 heavy (non-hydrogen) atoms. The van der Waals surface area contributed by atoms with E-state index >= 15 is 0 Å². The number of fused-ring (bicyclic) bond motifs is 3. The van der Waals surface area contributed by atoms with E-state index < -0.39 is 0 Å². The summed E-state index contributed by atoms with van der Waals surface area (Å²) in [6.07, 6.45) is 2.85. The van der Waals surface area contributed by atoms with Crippen LogP contribution in [0.5, 0.6) is 0 Å². The average molecular weight is 148 g/mol. The summed E-state index contributed by atoms with van der Waals surface area (Å²) in [5.41, 5.74) is 3.35. The molecule has 0 aromatic rings. The molecule has 3 saturated heterocycles. The van der Waals surface area contributed by atoms with Gasteiger partial charge in [0.1, 0.15) is 0 Å². The number of hydrogen-bond donors (Lipinski definition) is 1. The normalized spacial score (nSPS) is 36.0. The van der Waals surface area contributed by atoms with Crippen molar-refractivity contribution in [1.82, 2.24) is 10.4 Å². The summed E-state index contributed by atoms with van der Waals surface area (Å²) in [4.78, 5) is 0. The molecule has 0 aliphatic carbocycles. The standard InChI is InChI=1S/C6H12N2.2H2O/c1-3-8-4-2-6(1)5-7-8;;/h6-7H,1-5H2;2*1H2. The van der Waals surface area contributed by atoms with Crippen LogP contribution in [0.1, 0.15) is 12.8 Å². The summed E-state index contributed by atoms with van der Waals surface area (Å²) < 4.78 is 0. The maximum absolute atomic E-state index is 3.35. The molecule has 0 radical (unpaired) electrons. The molecule has 3 heterocycles. The lowest BCUT2D eigenvalue weighted by molar-refractivity contribution is 0.0572. The maximum atomic E-state index is 3.35. The van der Waals surface area contributed by atoms with Gasteiger partial charge in [0, 0.05) is 19.6 Å². The van der Waals surface area contributed by atoms with Crippen molar-refractivity contribution >= 4 is 0 Å². The smallest absolute Gasteiger partial charge is 0.0134 e. The monoisotopic (exact) mass is 148 g/mol. The van der Waals surface area contributed by atoms with E-state index in [9.17, 15) is 0 Å². The highest BCUT2D eigenvalue weighted by Crippen LogP contribution is 2.19. The van der Waals surface area contributed by atoms with E-state index in [-0.39, 0.29) is 11.0 Å². The van der Waals surface area contributed by atoms with E-state index in [1.165, 1.54) is 32.5 Å². The lowest BCUT2D eigenvalue weighted by Crippen LogP contribution is -2.52. The van der Waals surface area contributed by atoms with Crippen molar-refractivity contribution in [2.45, 2.75) is 12.8 Å². The molecule has 3 aliphatic rings. The van der Waals surface area contributed by atoms with Crippen LogP contribution in [-0.4, -0.2) is 35.6 Å². The minimum atomic E-state index is 0. The quantitative estimate of drug-likeness (QED) is 0.457. The highest BCUT2D eigenvalue weighted by atomic mass is 16.0. The fraction of sp³-hybridized carbons (Fsp3) is 1.00. The summed E-state index contributed by atoms with van der Waals surface area (Å²) in [6.45, 7) is 3.80. The predicted molar refractivity (Wildman–Crippen MR) is 39.5 cm³/mol. The number of hydrazine groups is 1. The third-order valence-corrected chi connectivity index (χ3v) is 2.22. The fourth-order valence-electron chi connectivity index (χ4n) is 1.55. The Kier molecular flexibility index (Phi) is 3.81. The fourth-order valence-corrected chi connectivity index (χ4v) is 1.55. The second-order valence-electron chi connectivity index (χ2n) is 2.79. The summed E-state index contributed by atoms with van der Waals surface area (Å²) >= 11 is 0. The molecule has 2 bridgehead atoms. The minimum Gasteiger partial charge on any atom is -0.412 e. The van der Waals surface area contributed by atoms with Crippen LogP contribution < -0.4 is 5.43 Å². The van der Waals surface area contributed by atoms with Gasteiger partial charge in [-0.1, -0.05) is 0 Å². The lowest BCUT2D eigenvalue weighted by Gasteiger charge is -2.39. The number of piperidine rings is 1. The van der Waals surface area contributed by atoms with Crippen molar-refractivity contribution in [2.24, 2.45) is 5.92 Å². The summed E-state index contributed by atoms with van der Waals surface area (Å²) in [6, 6.07) is 0. The molecule has 0 aromatic carbocycles. The van der Waals surface area contributed by atoms with Gasteiger partial charge < -0.3 is 11.0 Å². The van der Waals surface area contributed by atoms with Gasteiger partial charge in [-0.15, -0.1) is 0 Å². The van der Waals surface area contributed by atoms with Crippen LogP contribution in [0, 0.1) is 5.92 Å². The summed E-state index contributed by atoms with van der Waals surface area (Å²) in [5, 5.41) is 2.33. The molecular formula is C6H16N2O2. The first-order valence-corrected chi connectivity index (χ1v) is 3.43. The molecular weight excluding hydrogens is 132 g/mol. The van der Waals surface area contributed by atoms with E-state index in [0.29, 0.717) is 0 Å². The van der Waals surface area contributed by atoms with Gasteiger partial charge in [0.2, 0.25) is 0 Å². The van der Waals surface area contributed by atoms with Crippen LogP contribution >= 0.6 is 0 Å². The maximum Gasteiger partial charge on any atom is 0.0134 e. The Balaban J connectivity index is 0.000000405. The largest absolute Gasteiger partial charge is 0.412 e. The van der Waals surface area contributed by atoms with E-state index in [1.807, 2.05) is 0 Å². The minimum absolute atomic E-state index is 0. The Bertz CT molecular complexity index is 68.7. The van der Waals surface area contributed by atoms with Crippen LogP contribution in [0.4, 0.5) is 0 Å². The number of rotatable bonds is 0. The molecule has 0 saturated carbocycles. The van der Waals surface area contributed by atoms with Gasteiger partial charge in [0.25, 0.3) is 0 Å². The highest BCUT2D eigenvalue weighted by Gasteiger charge is 2.24. The number of nitrogens with one attached hydrogen (secondary N) is 1. The molecule has 0 atom stereocenters. The molecule has 0 spiro atoms. The van der Waals surface area contributed by atoms with E-state index in [4.69, 9.17) is 0 Å². The molecule has 4 nitrogen and oxygen atoms in total. The molecule has 0 unspecified atom stereocenters. The molecule has 62 valence electrons. The van der Waals surface area contributed by atoms with Gasteiger partial charge in [0.15, 0.2) is 0 Å². The van der Waals surface area contributed by atoms with E-state index in [2.05, 4.69) is 10.4 Å². The first-order valence-electron chi connectivity index (χ1n) is 3.43. The van der Waals surface area contributed by atoms with Crippen LogP contribution in [0.3, 0.4) is 0 Å². The lowest BCUT2D eigenvalue weighted by atomic mass is 9.96. The Morgan fingerprint density at radius 3 is 1.80 bits per heavy atom. The van der Waals surface area contributed by atoms with Crippen molar-refractivity contribution in [3.05, 3.63) is 0 Å². The highest BCUT2D eigenvalue weighted by molar-refractivity contribution is 4.76. The van der Waals surface area contributed by atoms with Gasteiger partial charge >= 0.3 is 0 Å². The van der Waals surface area contributed by atoms with E-state index in [1.54, 1.807) is 0 Å². The van der Waals surface area contributed by atoms with Gasteiger partial charge in [-0.05, 0) is 18.8 Å². The van der Waals surface area contributed by atoms with Crippen molar-refractivity contribution in [3.63, 3.8) is 0 Å². The zero-order chi connectivity index (χ0) is 5.40. The molecule has 5 N–H and O–H groups in total. The Hall–Kier alpha value is -0.160. The summed E-state index contributed by atoms with van der Waals surface area (Å²) in [5.74, 6) is 1.000. The molecule has 0 amide bonds. The number of nitrogens with zero attached hydrogens (tertiary/aromatic N) is 1. The summed E-state index contributed by atoms with van der Waals surface area (Å²) in [7, 11) is 0. The van der Waals surface area contributed by atoms with Crippen molar-refractivity contribution in [3.8, 4) is 0 Å². The van der Waals surface area contributed by atoms with Gasteiger partial charge in [-0.25, -0.2) is 5.01 Å². The topological polar surface area (TPSA) is 78.3 Å². The number of hydrogen-bond acceptors (Lipinski definition) is 2. The second-order valence-corrected chi connectivity index (χ2v) is 2.79. The predicted octanol–water partition coefficient (Wildman–Crippen LogP) is -1.43. The third kappa shape index (κ3) is 1.67. The second kappa shape index (κ2) is 3.88. The molecule has 4 heteroatoms. The molecule has 0 aromatic heterocycles. The Morgan fingerprint density at radius 2 is 1.70 bits per heavy atom. The molecule has 3 aliphatic heterocycles. The van der Waals surface area contributed by atoms with Gasteiger partial charge in [0.05, 0.1) is 0 Å². The zero-order valence-corrected chi connectivity index (χ0v) is 6.06. The van der Waals surface area contributed by atoms with Gasteiger partial charge in [-0.2, -0.15) is 0 Å². The first-order chi connectivity index (χ1) is 3.95. The Labute approximate surface area is 60.8 Å². The average Bonchev–Trinajstić information content (AvgIpc) is 1.92. The van der Waals surface area contributed by atoms with Crippen molar-refractivity contribution in [2.75, 3.05) is 19.6 Å². The van der Waals surface area contributed by atoms with E-state index in [0.717, 1.165) is 5.92 Å². The zero-order valence-electron chi connectivity index (χ0n) is 6.06. The van der Waals surface area contributed by atoms with Crippen LogP contribution in [0.2, 0.25) is 0 Å². The van der Waals surface area contributed by atoms with Gasteiger partial charge in [-0.3, -0.25) is 5.43 Å².